The number of hydrogen-bond acceptors (Lipinski definition) is 4. The van der Waals surface area contributed by atoms with Crippen molar-refractivity contribution in [2.75, 3.05) is 6.61 Å². The Balaban J connectivity index is 3.54. The highest BCUT2D eigenvalue weighted by molar-refractivity contribution is 5.72. The normalized spacial score (nSPS) is 12.7. The second-order valence-electron chi connectivity index (χ2n) is 7.69. The summed E-state index contributed by atoms with van der Waals surface area (Å²) in [6.07, 6.45) is 9.35. The summed E-state index contributed by atoms with van der Waals surface area (Å²) >= 11 is 0. The number of carbonyl (C=O) groups excluding carboxylic acids is 2. The molecule has 142 valence electrons. The van der Waals surface area contributed by atoms with E-state index in [0.717, 1.165) is 12.8 Å². The van der Waals surface area contributed by atoms with Gasteiger partial charge in [-0.25, -0.2) is 0 Å². The molecule has 0 amide bonds. The smallest absolute Gasteiger partial charge is 0.306 e. The molecule has 0 aliphatic heterocycles. The van der Waals surface area contributed by atoms with Crippen molar-refractivity contribution < 1.29 is 19.1 Å². The molecule has 24 heavy (non-hydrogen) atoms. The molecular weight excluding hydrogens is 304 g/mol. The van der Waals surface area contributed by atoms with E-state index in [4.69, 9.17) is 9.47 Å². The fourth-order valence-corrected chi connectivity index (χ4v) is 2.13. The Labute approximate surface area is 148 Å². The van der Waals surface area contributed by atoms with Crippen molar-refractivity contribution in [3.8, 4) is 0 Å². The Bertz CT molecular complexity index is 344. The van der Waals surface area contributed by atoms with Gasteiger partial charge in [0.1, 0.15) is 6.10 Å². The first-order valence-electron chi connectivity index (χ1n) is 9.62. The van der Waals surface area contributed by atoms with E-state index in [1.807, 2.05) is 27.7 Å². The van der Waals surface area contributed by atoms with Gasteiger partial charge < -0.3 is 9.47 Å². The van der Waals surface area contributed by atoms with Crippen LogP contribution in [0.5, 0.6) is 0 Å². The zero-order chi connectivity index (χ0) is 18.4. The van der Waals surface area contributed by atoms with Crippen LogP contribution in [0.2, 0.25) is 0 Å². The van der Waals surface area contributed by atoms with E-state index in [2.05, 4.69) is 6.92 Å². The van der Waals surface area contributed by atoms with Crippen LogP contribution < -0.4 is 0 Å². The van der Waals surface area contributed by atoms with E-state index in [9.17, 15) is 9.59 Å². The summed E-state index contributed by atoms with van der Waals surface area (Å²) in [4.78, 5) is 23.3. The number of rotatable bonds is 13. The lowest BCUT2D eigenvalue weighted by atomic mass is 9.90. The summed E-state index contributed by atoms with van der Waals surface area (Å²) < 4.78 is 10.6. The molecule has 0 heterocycles. The van der Waals surface area contributed by atoms with Crippen molar-refractivity contribution in [1.82, 2.24) is 0 Å². The van der Waals surface area contributed by atoms with Crippen molar-refractivity contribution in [3.05, 3.63) is 0 Å². The molecule has 0 saturated heterocycles. The molecule has 0 saturated carbocycles. The second-order valence-corrected chi connectivity index (χ2v) is 7.69. The summed E-state index contributed by atoms with van der Waals surface area (Å²) in [5.41, 5.74) is -0.0644. The molecule has 0 spiro atoms. The Hall–Kier alpha value is -1.06. The second kappa shape index (κ2) is 13.3. The third-order valence-electron chi connectivity index (χ3n) is 4.30. The van der Waals surface area contributed by atoms with Crippen LogP contribution in [0.1, 0.15) is 98.8 Å². The highest BCUT2D eigenvalue weighted by Crippen LogP contribution is 2.22. The number of esters is 2. The van der Waals surface area contributed by atoms with E-state index in [1.54, 1.807) is 0 Å². The predicted molar refractivity (Wildman–Crippen MR) is 97.8 cm³/mol. The molecule has 4 heteroatoms. The van der Waals surface area contributed by atoms with Crippen LogP contribution in [0.25, 0.3) is 0 Å². The number of ether oxygens (including phenoxy) is 2. The molecule has 0 rings (SSSR count). The lowest BCUT2D eigenvalue weighted by molar-refractivity contribution is -0.153. The van der Waals surface area contributed by atoms with Crippen molar-refractivity contribution >= 4 is 11.9 Å². The maximum atomic E-state index is 11.7. The molecule has 4 nitrogen and oxygen atoms in total. The lowest BCUT2D eigenvalue weighted by Crippen LogP contribution is -2.28. The van der Waals surface area contributed by atoms with Gasteiger partial charge >= 0.3 is 11.9 Å². The molecular formula is C20H38O4. The summed E-state index contributed by atoms with van der Waals surface area (Å²) in [5.74, 6) is -0.449. The molecule has 0 aromatic heterocycles. The van der Waals surface area contributed by atoms with Crippen LogP contribution >= 0.6 is 0 Å². The van der Waals surface area contributed by atoms with Gasteiger partial charge in [-0.1, -0.05) is 66.2 Å². The Morgan fingerprint density at radius 2 is 1.38 bits per heavy atom. The maximum Gasteiger partial charge on any atom is 0.306 e. The third-order valence-corrected chi connectivity index (χ3v) is 4.30. The highest BCUT2D eigenvalue weighted by atomic mass is 16.5. The third kappa shape index (κ3) is 13.4. The van der Waals surface area contributed by atoms with Gasteiger partial charge in [0, 0.05) is 12.8 Å². The highest BCUT2D eigenvalue weighted by Gasteiger charge is 2.23. The van der Waals surface area contributed by atoms with E-state index >= 15 is 0 Å². The summed E-state index contributed by atoms with van der Waals surface area (Å²) in [7, 11) is 0. The Kier molecular flexibility index (Phi) is 12.7. The van der Waals surface area contributed by atoms with Gasteiger partial charge in [-0.2, -0.15) is 0 Å². The van der Waals surface area contributed by atoms with E-state index < -0.39 is 0 Å². The molecule has 0 radical (unpaired) electrons. The van der Waals surface area contributed by atoms with E-state index in [0.29, 0.717) is 13.0 Å². The first kappa shape index (κ1) is 22.9. The van der Waals surface area contributed by atoms with Gasteiger partial charge in [0.25, 0.3) is 0 Å². The fourth-order valence-electron chi connectivity index (χ4n) is 2.13. The van der Waals surface area contributed by atoms with Gasteiger partial charge in [-0.3, -0.25) is 9.59 Å². The number of hydrogen-bond donors (Lipinski definition) is 0. The maximum absolute atomic E-state index is 11.7. The monoisotopic (exact) mass is 342 g/mol. The lowest BCUT2D eigenvalue weighted by Gasteiger charge is -2.26. The van der Waals surface area contributed by atoms with Crippen molar-refractivity contribution in [3.63, 3.8) is 0 Å². The van der Waals surface area contributed by atoms with Gasteiger partial charge in [0.05, 0.1) is 6.61 Å². The van der Waals surface area contributed by atoms with Crippen LogP contribution in [0, 0.1) is 5.41 Å². The fraction of sp³-hybridized carbons (Fsp3) is 0.900. The number of carbonyl (C=O) groups is 2. The topological polar surface area (TPSA) is 52.6 Å². The van der Waals surface area contributed by atoms with Crippen molar-refractivity contribution in [1.29, 1.82) is 0 Å². The quantitative estimate of drug-likeness (QED) is 0.331. The zero-order valence-electron chi connectivity index (χ0n) is 16.5. The predicted octanol–water partition coefficient (Wildman–Crippen LogP) is 5.43. The molecule has 0 aliphatic rings. The molecule has 0 aliphatic carbocycles. The standard InChI is InChI=1S/C20H38O4/c1-6-7-8-9-10-11-12-16-23-18(21)14-13-15-19(22)24-17(2)20(3,4)5/h17H,6-16H2,1-5H3. The van der Waals surface area contributed by atoms with Crippen LogP contribution in [0.4, 0.5) is 0 Å². The van der Waals surface area contributed by atoms with E-state index in [1.165, 1.54) is 32.1 Å². The average molecular weight is 343 g/mol. The Morgan fingerprint density at radius 3 is 1.96 bits per heavy atom. The van der Waals surface area contributed by atoms with Crippen LogP contribution in [-0.4, -0.2) is 24.6 Å². The zero-order valence-corrected chi connectivity index (χ0v) is 16.5. The molecule has 1 unspecified atom stereocenters. The SMILES string of the molecule is CCCCCCCCCOC(=O)CCCC(=O)OC(C)C(C)(C)C. The van der Waals surface area contributed by atoms with Crippen LogP contribution in [0.3, 0.4) is 0 Å². The van der Waals surface area contributed by atoms with Gasteiger partial charge in [-0.05, 0) is 25.2 Å². The molecule has 0 N–H and O–H groups in total. The van der Waals surface area contributed by atoms with Crippen molar-refractivity contribution in [2.45, 2.75) is 105 Å². The van der Waals surface area contributed by atoms with Gasteiger partial charge in [0.2, 0.25) is 0 Å². The molecule has 0 aromatic carbocycles. The van der Waals surface area contributed by atoms with E-state index in [-0.39, 0.29) is 36.3 Å². The Morgan fingerprint density at radius 1 is 0.833 bits per heavy atom. The minimum atomic E-state index is -0.239. The summed E-state index contributed by atoms with van der Waals surface area (Å²) in [6, 6.07) is 0. The number of unbranched alkanes of at least 4 members (excludes halogenated alkanes) is 6. The summed E-state index contributed by atoms with van der Waals surface area (Å²) in [6.45, 7) is 10.7. The van der Waals surface area contributed by atoms with Gasteiger partial charge in [-0.15, -0.1) is 0 Å². The minimum absolute atomic E-state index is 0.0644. The minimum Gasteiger partial charge on any atom is -0.466 e. The molecule has 0 bridgehead atoms. The molecule has 1 atom stereocenters. The first-order chi connectivity index (χ1) is 11.3. The molecule has 0 fully saturated rings. The van der Waals surface area contributed by atoms with Crippen LogP contribution in [-0.2, 0) is 19.1 Å². The molecule has 0 aromatic rings. The summed E-state index contributed by atoms with van der Waals surface area (Å²) in [5, 5.41) is 0. The van der Waals surface area contributed by atoms with Gasteiger partial charge in [0.15, 0.2) is 0 Å². The van der Waals surface area contributed by atoms with Crippen molar-refractivity contribution in [2.24, 2.45) is 5.41 Å². The average Bonchev–Trinajstić information content (AvgIpc) is 2.49. The first-order valence-corrected chi connectivity index (χ1v) is 9.62. The largest absolute Gasteiger partial charge is 0.466 e. The van der Waals surface area contributed by atoms with Crippen LogP contribution in [0.15, 0.2) is 0 Å².